The predicted molar refractivity (Wildman–Crippen MR) is 82.3 cm³/mol. The number of anilines is 1. The van der Waals surface area contributed by atoms with Gasteiger partial charge in [0.15, 0.2) is 0 Å². The normalized spacial score (nSPS) is 17.3. The van der Waals surface area contributed by atoms with E-state index >= 15 is 0 Å². The summed E-state index contributed by atoms with van der Waals surface area (Å²) < 4.78 is 0. The van der Waals surface area contributed by atoms with E-state index in [1.165, 1.54) is 0 Å². The molecule has 1 aliphatic rings. The minimum absolute atomic E-state index is 0.0332. The molecule has 0 unspecified atom stereocenters. The molecular weight excluding hydrogens is 274 g/mol. The van der Waals surface area contributed by atoms with Gasteiger partial charge in [-0.3, -0.25) is 4.79 Å². The number of hydrogen-bond acceptors (Lipinski definition) is 3. The molecule has 0 bridgehead atoms. The summed E-state index contributed by atoms with van der Waals surface area (Å²) in [5.74, 6) is 0.631. The van der Waals surface area contributed by atoms with Crippen molar-refractivity contribution in [3.8, 4) is 0 Å². The van der Waals surface area contributed by atoms with Crippen LogP contribution in [0.3, 0.4) is 0 Å². The zero-order chi connectivity index (χ0) is 14.8. The first-order valence-electron chi connectivity index (χ1n) is 7.18. The molecule has 1 saturated heterocycles. The Labute approximate surface area is 125 Å². The van der Waals surface area contributed by atoms with Crippen molar-refractivity contribution in [3.05, 3.63) is 22.8 Å². The Morgan fingerprint density at radius 3 is 2.70 bits per heavy atom. The third kappa shape index (κ3) is 2.75. The third-order valence-corrected chi connectivity index (χ3v) is 4.84. The first-order valence-corrected chi connectivity index (χ1v) is 7.55. The lowest BCUT2D eigenvalue weighted by atomic mass is 9.82. The molecule has 5 heteroatoms. The Balaban J connectivity index is 2.15. The molecule has 0 aliphatic carbocycles. The maximum atomic E-state index is 12.5. The van der Waals surface area contributed by atoms with Crippen molar-refractivity contribution < 1.29 is 4.79 Å². The number of nitrogens with one attached hydrogen (secondary N) is 1. The molecule has 0 atom stereocenters. The van der Waals surface area contributed by atoms with Gasteiger partial charge in [-0.2, -0.15) is 0 Å². The largest absolute Gasteiger partial charge is 0.372 e. The molecule has 2 heterocycles. The summed E-state index contributed by atoms with van der Waals surface area (Å²) in [5.41, 5.74) is 0.856. The van der Waals surface area contributed by atoms with Crippen molar-refractivity contribution in [2.45, 2.75) is 33.1 Å². The second-order valence-electron chi connectivity index (χ2n) is 5.49. The second-order valence-corrected chi connectivity index (χ2v) is 5.90. The zero-order valence-corrected chi connectivity index (χ0v) is 13.1. The van der Waals surface area contributed by atoms with Gasteiger partial charge in [-0.25, -0.2) is 4.98 Å². The van der Waals surface area contributed by atoms with Gasteiger partial charge >= 0.3 is 0 Å². The van der Waals surface area contributed by atoms with Crippen LogP contribution in [0.4, 0.5) is 5.82 Å². The molecule has 2 rings (SSSR count). The highest BCUT2D eigenvalue weighted by molar-refractivity contribution is 6.33. The number of carbonyl (C=O) groups excluding carboxylic acids is 1. The topological polar surface area (TPSA) is 45.2 Å². The number of halogens is 1. The number of nitrogens with zero attached hydrogens (tertiary/aromatic N) is 2. The predicted octanol–water partition coefficient (Wildman–Crippen LogP) is 3.43. The van der Waals surface area contributed by atoms with Crippen LogP contribution in [0.5, 0.6) is 0 Å². The van der Waals surface area contributed by atoms with E-state index < -0.39 is 0 Å². The van der Waals surface area contributed by atoms with Gasteiger partial charge < -0.3 is 10.2 Å². The Bertz CT molecular complexity index is 500. The second kappa shape index (κ2) is 6.00. The van der Waals surface area contributed by atoms with Crippen molar-refractivity contribution >= 4 is 23.3 Å². The molecule has 1 fully saturated rings. The molecule has 0 spiro atoms. The first kappa shape index (κ1) is 15.1. The first-order chi connectivity index (χ1) is 9.55. The summed E-state index contributed by atoms with van der Waals surface area (Å²) in [6.07, 6.45) is 4.91. The van der Waals surface area contributed by atoms with E-state index in [4.69, 9.17) is 11.6 Å². The van der Waals surface area contributed by atoms with Crippen molar-refractivity contribution in [2.75, 3.05) is 25.5 Å². The summed E-state index contributed by atoms with van der Waals surface area (Å²) in [7, 11) is 1.76. The fourth-order valence-electron chi connectivity index (χ4n) is 2.86. The molecule has 0 saturated carbocycles. The highest BCUT2D eigenvalue weighted by Gasteiger charge is 2.37. The molecule has 20 heavy (non-hydrogen) atoms. The van der Waals surface area contributed by atoms with E-state index in [1.807, 2.05) is 4.90 Å². The molecule has 110 valence electrons. The van der Waals surface area contributed by atoms with Crippen LogP contribution < -0.4 is 5.32 Å². The number of hydrogen-bond donors (Lipinski definition) is 1. The SMILES string of the molecule is CCC1(CC)CCN(C(=O)c2cnc(NC)c(Cl)c2)C1. The van der Waals surface area contributed by atoms with Crippen LogP contribution in [-0.4, -0.2) is 35.9 Å². The van der Waals surface area contributed by atoms with E-state index in [-0.39, 0.29) is 11.3 Å². The number of likely N-dealkylation sites (tertiary alicyclic amines) is 1. The number of carbonyl (C=O) groups is 1. The van der Waals surface area contributed by atoms with Crippen molar-refractivity contribution in [1.29, 1.82) is 0 Å². The minimum atomic E-state index is 0.0332. The number of amides is 1. The van der Waals surface area contributed by atoms with E-state index in [9.17, 15) is 4.79 Å². The van der Waals surface area contributed by atoms with Gasteiger partial charge in [0.1, 0.15) is 5.82 Å². The van der Waals surface area contributed by atoms with Crippen molar-refractivity contribution in [3.63, 3.8) is 0 Å². The lowest BCUT2D eigenvalue weighted by Crippen LogP contribution is -2.31. The summed E-state index contributed by atoms with van der Waals surface area (Å²) in [4.78, 5) is 18.6. The Morgan fingerprint density at radius 2 is 2.20 bits per heavy atom. The number of pyridine rings is 1. The van der Waals surface area contributed by atoms with Crippen LogP contribution in [-0.2, 0) is 0 Å². The van der Waals surface area contributed by atoms with Gasteiger partial charge in [-0.1, -0.05) is 25.4 Å². The quantitative estimate of drug-likeness (QED) is 0.925. The summed E-state index contributed by atoms with van der Waals surface area (Å²) in [6, 6.07) is 1.70. The molecule has 0 radical (unpaired) electrons. The molecule has 1 aromatic heterocycles. The van der Waals surface area contributed by atoms with Crippen LogP contribution in [0.25, 0.3) is 0 Å². The van der Waals surface area contributed by atoms with Gasteiger partial charge in [0, 0.05) is 26.3 Å². The molecule has 1 N–H and O–H groups in total. The van der Waals surface area contributed by atoms with Crippen LogP contribution in [0, 0.1) is 5.41 Å². The van der Waals surface area contributed by atoms with Crippen LogP contribution in [0.1, 0.15) is 43.5 Å². The van der Waals surface area contributed by atoms with Crippen LogP contribution in [0.2, 0.25) is 5.02 Å². The summed E-state index contributed by atoms with van der Waals surface area (Å²) in [6.45, 7) is 6.07. The van der Waals surface area contributed by atoms with Gasteiger partial charge in [0.05, 0.1) is 10.6 Å². The molecular formula is C15H22ClN3O. The Hall–Kier alpha value is -1.29. The maximum absolute atomic E-state index is 12.5. The van der Waals surface area contributed by atoms with Crippen LogP contribution >= 0.6 is 11.6 Å². The van der Waals surface area contributed by atoms with E-state index in [0.29, 0.717) is 16.4 Å². The molecule has 1 aliphatic heterocycles. The fraction of sp³-hybridized carbons (Fsp3) is 0.600. The lowest BCUT2D eigenvalue weighted by Gasteiger charge is -2.26. The summed E-state index contributed by atoms with van der Waals surface area (Å²) >= 11 is 6.10. The van der Waals surface area contributed by atoms with Crippen molar-refractivity contribution in [2.24, 2.45) is 5.41 Å². The smallest absolute Gasteiger partial charge is 0.255 e. The average Bonchev–Trinajstić information content (AvgIpc) is 2.91. The Kier molecular flexibility index (Phi) is 4.53. The molecule has 1 aromatic rings. The monoisotopic (exact) mass is 295 g/mol. The van der Waals surface area contributed by atoms with Gasteiger partial charge in [0.25, 0.3) is 5.91 Å². The van der Waals surface area contributed by atoms with E-state index in [2.05, 4.69) is 24.1 Å². The highest BCUT2D eigenvalue weighted by Crippen LogP contribution is 2.37. The van der Waals surface area contributed by atoms with E-state index in [1.54, 1.807) is 19.3 Å². The average molecular weight is 296 g/mol. The number of rotatable bonds is 4. The Morgan fingerprint density at radius 1 is 1.50 bits per heavy atom. The highest BCUT2D eigenvalue weighted by atomic mass is 35.5. The molecule has 4 nitrogen and oxygen atoms in total. The third-order valence-electron chi connectivity index (χ3n) is 4.55. The van der Waals surface area contributed by atoms with Crippen LogP contribution in [0.15, 0.2) is 12.3 Å². The van der Waals surface area contributed by atoms with Crippen molar-refractivity contribution in [1.82, 2.24) is 9.88 Å². The molecule has 1 amide bonds. The standard InChI is InChI=1S/C15H22ClN3O/c1-4-15(5-2)6-7-19(10-15)14(20)11-8-12(16)13(17-3)18-9-11/h8-9H,4-7,10H2,1-3H3,(H,17,18). The lowest BCUT2D eigenvalue weighted by molar-refractivity contribution is 0.0769. The minimum Gasteiger partial charge on any atom is -0.372 e. The zero-order valence-electron chi connectivity index (χ0n) is 12.4. The van der Waals surface area contributed by atoms with Gasteiger partial charge in [-0.05, 0) is 30.7 Å². The van der Waals surface area contributed by atoms with Gasteiger partial charge in [-0.15, -0.1) is 0 Å². The van der Waals surface area contributed by atoms with E-state index in [0.717, 1.165) is 32.4 Å². The maximum Gasteiger partial charge on any atom is 0.255 e. The van der Waals surface area contributed by atoms with Gasteiger partial charge in [0.2, 0.25) is 0 Å². The fourth-order valence-corrected chi connectivity index (χ4v) is 3.12. The number of aromatic nitrogens is 1. The molecule has 0 aromatic carbocycles. The summed E-state index contributed by atoms with van der Waals surface area (Å²) in [5, 5.41) is 3.38.